The van der Waals surface area contributed by atoms with Crippen LogP contribution < -0.4 is 9.47 Å². The highest BCUT2D eigenvalue weighted by Crippen LogP contribution is 2.32. The highest BCUT2D eigenvalue weighted by atomic mass is 32.2. The number of aryl methyl sites for hydroxylation is 1. The normalized spacial score (nSPS) is 11.2. The number of aliphatic carboxylic acids is 1. The van der Waals surface area contributed by atoms with Crippen LogP contribution in [-0.2, 0) is 4.79 Å². The number of carbonyl (C=O) groups is 1. The molecular formula is C25H24O4S. The molecule has 0 aromatic heterocycles. The van der Waals surface area contributed by atoms with Crippen LogP contribution in [0, 0.1) is 6.92 Å². The van der Waals surface area contributed by atoms with Crippen molar-refractivity contribution in [2.75, 3.05) is 19.5 Å². The Kier molecular flexibility index (Phi) is 7.57. The number of hydrogen-bond donors (Lipinski definition) is 1. The highest BCUT2D eigenvalue weighted by Gasteiger charge is 2.10. The zero-order chi connectivity index (χ0) is 21.3. The van der Waals surface area contributed by atoms with Crippen molar-refractivity contribution in [1.82, 2.24) is 0 Å². The molecule has 0 heterocycles. The maximum absolute atomic E-state index is 10.7. The number of ether oxygens (including phenoxy) is 2. The van der Waals surface area contributed by atoms with E-state index in [0.717, 1.165) is 38.7 Å². The van der Waals surface area contributed by atoms with E-state index in [1.165, 1.54) is 0 Å². The lowest BCUT2D eigenvalue weighted by Gasteiger charge is -2.13. The fourth-order valence-electron chi connectivity index (χ4n) is 3.10. The third-order valence-corrected chi connectivity index (χ3v) is 5.44. The van der Waals surface area contributed by atoms with Gasteiger partial charge in [0.2, 0.25) is 0 Å². The third-order valence-electron chi connectivity index (χ3n) is 4.52. The van der Waals surface area contributed by atoms with E-state index < -0.39 is 5.97 Å². The van der Waals surface area contributed by atoms with Gasteiger partial charge in [0.05, 0.1) is 7.11 Å². The van der Waals surface area contributed by atoms with E-state index in [9.17, 15) is 4.79 Å². The standard InChI is InChI=1S/C25H24O4S/c1-18-16-20(12-13-23(18)29-17-25(26)27)30-15-14-21(19-8-4-3-5-9-19)22-10-6-7-11-24(22)28-2/h3-14,16H,15,17H2,1-2H3,(H,26,27)/b21-14-. The second kappa shape index (κ2) is 10.6. The summed E-state index contributed by atoms with van der Waals surface area (Å²) in [7, 11) is 1.69. The Morgan fingerprint density at radius 3 is 2.43 bits per heavy atom. The molecule has 0 amide bonds. The molecule has 0 saturated carbocycles. The van der Waals surface area contributed by atoms with E-state index in [2.05, 4.69) is 24.3 Å². The van der Waals surface area contributed by atoms with Crippen LogP contribution >= 0.6 is 11.8 Å². The second-order valence-corrected chi connectivity index (χ2v) is 7.70. The predicted octanol–water partition coefficient (Wildman–Crippen LogP) is 5.69. The summed E-state index contributed by atoms with van der Waals surface area (Å²) in [5.74, 6) is 1.23. The van der Waals surface area contributed by atoms with Gasteiger partial charge in [-0.1, -0.05) is 54.6 Å². The van der Waals surface area contributed by atoms with Crippen LogP contribution in [0.1, 0.15) is 16.7 Å². The molecule has 0 aliphatic rings. The van der Waals surface area contributed by atoms with Crippen LogP contribution in [0.25, 0.3) is 5.57 Å². The lowest BCUT2D eigenvalue weighted by Crippen LogP contribution is -2.09. The molecule has 3 aromatic rings. The lowest BCUT2D eigenvalue weighted by atomic mass is 9.97. The van der Waals surface area contributed by atoms with Crippen molar-refractivity contribution in [2.45, 2.75) is 11.8 Å². The first-order valence-electron chi connectivity index (χ1n) is 9.55. The Labute approximate surface area is 181 Å². The van der Waals surface area contributed by atoms with Crippen LogP contribution in [0.2, 0.25) is 0 Å². The Bertz CT molecular complexity index is 1030. The van der Waals surface area contributed by atoms with Gasteiger partial charge in [0.15, 0.2) is 6.61 Å². The van der Waals surface area contributed by atoms with Gasteiger partial charge in [-0.3, -0.25) is 0 Å². The first-order valence-corrected chi connectivity index (χ1v) is 10.5. The average molecular weight is 421 g/mol. The molecule has 0 aliphatic carbocycles. The molecule has 0 saturated heterocycles. The largest absolute Gasteiger partial charge is 0.496 e. The van der Waals surface area contributed by atoms with Crippen molar-refractivity contribution in [3.8, 4) is 11.5 Å². The minimum Gasteiger partial charge on any atom is -0.496 e. The van der Waals surface area contributed by atoms with Crippen molar-refractivity contribution >= 4 is 23.3 Å². The highest BCUT2D eigenvalue weighted by molar-refractivity contribution is 7.99. The smallest absolute Gasteiger partial charge is 0.341 e. The molecule has 30 heavy (non-hydrogen) atoms. The number of rotatable bonds is 9. The fraction of sp³-hybridized carbons (Fsp3) is 0.160. The van der Waals surface area contributed by atoms with Gasteiger partial charge in [0.1, 0.15) is 11.5 Å². The molecule has 0 fully saturated rings. The van der Waals surface area contributed by atoms with E-state index >= 15 is 0 Å². The quantitative estimate of drug-likeness (QED) is 0.451. The van der Waals surface area contributed by atoms with Crippen molar-refractivity contribution < 1.29 is 19.4 Å². The van der Waals surface area contributed by atoms with Crippen molar-refractivity contribution in [3.05, 3.63) is 95.6 Å². The van der Waals surface area contributed by atoms with Gasteiger partial charge in [0, 0.05) is 16.2 Å². The Morgan fingerprint density at radius 2 is 1.73 bits per heavy atom. The van der Waals surface area contributed by atoms with E-state index in [1.54, 1.807) is 18.9 Å². The molecule has 0 aliphatic heterocycles. The molecule has 4 nitrogen and oxygen atoms in total. The predicted molar refractivity (Wildman–Crippen MR) is 122 cm³/mol. The molecule has 1 N–H and O–H groups in total. The van der Waals surface area contributed by atoms with Crippen LogP contribution in [-0.4, -0.2) is 30.5 Å². The molecule has 0 unspecified atom stereocenters. The molecule has 3 aromatic carbocycles. The summed E-state index contributed by atoms with van der Waals surface area (Å²) < 4.78 is 10.9. The summed E-state index contributed by atoms with van der Waals surface area (Å²) in [6.07, 6.45) is 2.21. The molecule has 0 spiro atoms. The molecule has 0 atom stereocenters. The first kappa shape index (κ1) is 21.5. The zero-order valence-electron chi connectivity index (χ0n) is 17.0. The van der Waals surface area contributed by atoms with E-state index in [0.29, 0.717) is 5.75 Å². The minimum atomic E-state index is -0.984. The van der Waals surface area contributed by atoms with Gasteiger partial charge in [-0.25, -0.2) is 4.79 Å². The van der Waals surface area contributed by atoms with Gasteiger partial charge in [-0.15, -0.1) is 11.8 Å². The third kappa shape index (κ3) is 5.67. The number of methoxy groups -OCH3 is 1. The average Bonchev–Trinajstić information content (AvgIpc) is 2.76. The zero-order valence-corrected chi connectivity index (χ0v) is 17.8. The molecule has 0 radical (unpaired) electrons. The summed E-state index contributed by atoms with van der Waals surface area (Å²) in [6.45, 7) is 1.58. The topological polar surface area (TPSA) is 55.8 Å². The summed E-state index contributed by atoms with van der Waals surface area (Å²) in [5, 5.41) is 8.77. The first-order chi connectivity index (χ1) is 14.6. The van der Waals surface area contributed by atoms with E-state index in [-0.39, 0.29) is 6.61 Å². The van der Waals surface area contributed by atoms with Gasteiger partial charge in [-0.05, 0) is 47.9 Å². The minimum absolute atomic E-state index is 0.338. The maximum atomic E-state index is 10.7. The molecule has 3 rings (SSSR count). The van der Waals surface area contributed by atoms with Crippen molar-refractivity contribution in [3.63, 3.8) is 0 Å². The number of carboxylic acids is 1. The van der Waals surface area contributed by atoms with Crippen molar-refractivity contribution in [2.24, 2.45) is 0 Å². The van der Waals surface area contributed by atoms with Gasteiger partial charge >= 0.3 is 5.97 Å². The summed E-state index contributed by atoms with van der Waals surface area (Å²) in [6, 6.07) is 24.1. The summed E-state index contributed by atoms with van der Waals surface area (Å²) >= 11 is 1.71. The Hall–Kier alpha value is -3.18. The fourth-order valence-corrected chi connectivity index (χ4v) is 3.97. The second-order valence-electron chi connectivity index (χ2n) is 6.60. The number of thioether (sulfide) groups is 1. The Balaban J connectivity index is 1.80. The number of benzene rings is 3. The van der Waals surface area contributed by atoms with E-state index in [4.69, 9.17) is 14.6 Å². The van der Waals surface area contributed by atoms with Gasteiger partial charge in [-0.2, -0.15) is 0 Å². The lowest BCUT2D eigenvalue weighted by molar-refractivity contribution is -0.139. The van der Waals surface area contributed by atoms with Crippen LogP contribution in [0.5, 0.6) is 11.5 Å². The van der Waals surface area contributed by atoms with Crippen molar-refractivity contribution in [1.29, 1.82) is 0 Å². The van der Waals surface area contributed by atoms with E-state index in [1.807, 2.05) is 61.5 Å². The number of para-hydroxylation sites is 1. The summed E-state index contributed by atoms with van der Waals surface area (Å²) in [5.41, 5.74) is 4.23. The molecule has 0 bridgehead atoms. The van der Waals surface area contributed by atoms with Crippen LogP contribution in [0.15, 0.2) is 83.8 Å². The van der Waals surface area contributed by atoms with Gasteiger partial charge < -0.3 is 14.6 Å². The van der Waals surface area contributed by atoms with Crippen LogP contribution in [0.4, 0.5) is 0 Å². The Morgan fingerprint density at radius 1 is 1.00 bits per heavy atom. The molecule has 5 heteroatoms. The van der Waals surface area contributed by atoms with Crippen LogP contribution in [0.3, 0.4) is 0 Å². The van der Waals surface area contributed by atoms with Gasteiger partial charge in [0.25, 0.3) is 0 Å². The number of carboxylic acid groups (broad SMARTS) is 1. The monoisotopic (exact) mass is 420 g/mol. The maximum Gasteiger partial charge on any atom is 0.341 e. The summed E-state index contributed by atoms with van der Waals surface area (Å²) in [4.78, 5) is 11.8. The number of hydrogen-bond acceptors (Lipinski definition) is 4. The SMILES string of the molecule is COc1ccccc1/C(=C\CSc1ccc(OCC(=O)O)c(C)c1)c1ccccc1. The molecular weight excluding hydrogens is 396 g/mol. The molecule has 154 valence electrons.